The van der Waals surface area contributed by atoms with Crippen LogP contribution in [0.5, 0.6) is 5.88 Å². The Bertz CT molecular complexity index is 1620. The molecule has 4 heterocycles. The molecule has 0 spiro atoms. The number of halogens is 3. The van der Waals surface area contributed by atoms with Crippen LogP contribution in [0.4, 0.5) is 23.7 Å². The van der Waals surface area contributed by atoms with E-state index in [-0.39, 0.29) is 35.9 Å². The number of ether oxygens (including phenoxy) is 3. The van der Waals surface area contributed by atoms with Crippen LogP contribution in [0.25, 0.3) is 17.1 Å². The van der Waals surface area contributed by atoms with E-state index in [9.17, 15) is 27.9 Å². The van der Waals surface area contributed by atoms with Crippen LogP contribution in [0, 0.1) is 0 Å². The van der Waals surface area contributed by atoms with Gasteiger partial charge in [-0.05, 0) is 55.9 Å². The molecule has 5 rings (SSSR count). The van der Waals surface area contributed by atoms with Gasteiger partial charge in [-0.2, -0.15) is 18.3 Å². The van der Waals surface area contributed by atoms with Gasteiger partial charge < -0.3 is 34.4 Å². The first-order valence-corrected chi connectivity index (χ1v) is 14.4. The van der Waals surface area contributed by atoms with Crippen molar-refractivity contribution >= 4 is 17.7 Å². The summed E-state index contributed by atoms with van der Waals surface area (Å²) in [5.41, 5.74) is 2.70. The molecule has 1 unspecified atom stereocenters. The molecule has 13 nitrogen and oxygen atoms in total. The minimum absolute atomic E-state index is 0.0185. The van der Waals surface area contributed by atoms with Crippen LogP contribution in [0.3, 0.4) is 0 Å². The zero-order valence-electron chi connectivity index (χ0n) is 24.5. The summed E-state index contributed by atoms with van der Waals surface area (Å²) in [6.07, 6.45) is 1.93. The number of alkyl halides is 3. The summed E-state index contributed by atoms with van der Waals surface area (Å²) in [7, 11) is 0. The Balaban J connectivity index is 1.26. The molecule has 1 aromatic carbocycles. The van der Waals surface area contributed by atoms with E-state index in [1.165, 1.54) is 18.3 Å². The Labute approximate surface area is 260 Å². The van der Waals surface area contributed by atoms with Gasteiger partial charge in [0.15, 0.2) is 12.0 Å². The fraction of sp³-hybridized carbons (Fsp3) is 0.367. The number of aliphatic hydroxyl groups is 1. The number of carbonyl (C=O) groups is 2. The largest absolute Gasteiger partial charge is 0.444 e. The molecule has 1 atom stereocenters. The lowest BCUT2D eigenvalue weighted by Crippen LogP contribution is -2.35. The number of carbonyl (C=O) groups excluding carboxylic acids is 2. The van der Waals surface area contributed by atoms with Crippen molar-refractivity contribution in [3.8, 4) is 23.0 Å². The predicted molar refractivity (Wildman–Crippen MR) is 155 cm³/mol. The van der Waals surface area contributed by atoms with Gasteiger partial charge in [0, 0.05) is 24.4 Å². The molecule has 3 N–H and O–H groups in total. The van der Waals surface area contributed by atoms with Crippen LogP contribution in [0.1, 0.15) is 47.4 Å². The lowest BCUT2D eigenvalue weighted by atomic mass is 10.2. The van der Waals surface area contributed by atoms with Crippen LogP contribution in [0.15, 0.2) is 59.5 Å². The van der Waals surface area contributed by atoms with E-state index >= 15 is 0 Å². The number of nitrogens with zero attached hydrogens (tertiary/aromatic N) is 4. The minimum atomic E-state index is -4.60. The molecule has 0 radical (unpaired) electrons. The van der Waals surface area contributed by atoms with E-state index in [1.54, 1.807) is 40.5 Å². The summed E-state index contributed by atoms with van der Waals surface area (Å²) in [4.78, 5) is 32.9. The maximum absolute atomic E-state index is 13.2. The Morgan fingerprint density at radius 3 is 2.72 bits per heavy atom. The van der Waals surface area contributed by atoms with Gasteiger partial charge in [-0.1, -0.05) is 12.1 Å². The van der Waals surface area contributed by atoms with Gasteiger partial charge >= 0.3 is 12.3 Å². The number of nitrogens with one attached hydrogen (secondary N) is 2. The second-order valence-corrected chi connectivity index (χ2v) is 10.3. The first-order chi connectivity index (χ1) is 22.2. The van der Waals surface area contributed by atoms with Gasteiger partial charge in [0.2, 0.25) is 11.8 Å². The van der Waals surface area contributed by atoms with E-state index in [2.05, 4.69) is 20.4 Å². The Morgan fingerprint density at radius 2 is 1.98 bits per heavy atom. The zero-order chi connectivity index (χ0) is 32.5. The highest BCUT2D eigenvalue weighted by Crippen LogP contribution is 2.24. The quantitative estimate of drug-likeness (QED) is 0.183. The number of benzene rings is 1. The predicted octanol–water partition coefficient (Wildman–Crippen LogP) is 4.79. The Morgan fingerprint density at radius 1 is 1.15 bits per heavy atom. The Hall–Kier alpha value is -4.80. The summed E-state index contributed by atoms with van der Waals surface area (Å²) in [5.74, 6) is -0.908. The molecule has 0 saturated carbocycles. The van der Waals surface area contributed by atoms with Gasteiger partial charge in [-0.3, -0.25) is 4.79 Å². The number of aliphatic hydroxyl groups excluding tert-OH is 1. The second-order valence-electron chi connectivity index (χ2n) is 10.3. The van der Waals surface area contributed by atoms with E-state index in [0.717, 1.165) is 36.8 Å². The highest BCUT2D eigenvalue weighted by atomic mass is 19.4. The molecule has 1 aliphatic heterocycles. The SMILES string of the molecule is O=C(NCC(F)(F)F)Oc1cc(-c2nc(C(=O)Nc3cn(-c4ccc(CO)cc4)nc3CCCOC3CCCCO3)co2)ccn1. The Kier molecular flexibility index (Phi) is 10.6. The molecular formula is C30H31F3N6O7. The number of amides is 2. The lowest BCUT2D eigenvalue weighted by molar-refractivity contribution is -0.162. The standard InChI is InChI=1S/C30H31F3N6O7/c31-30(32,33)18-35-29(42)46-25-14-20(10-11-34-25)28-37-24(17-45-28)27(41)36-23-15-39(21-8-6-19(16-40)7-9-21)38-22(23)4-3-13-44-26-5-1-2-12-43-26/h6-11,14-15,17,26,40H,1-5,12-13,16,18H2,(H,35,42)(H,36,41). The number of rotatable bonds is 12. The molecule has 1 aliphatic rings. The van der Waals surface area contributed by atoms with Crippen molar-refractivity contribution in [3.63, 3.8) is 0 Å². The van der Waals surface area contributed by atoms with Gasteiger partial charge in [-0.15, -0.1) is 0 Å². The molecule has 0 aliphatic carbocycles. The van der Waals surface area contributed by atoms with E-state index < -0.39 is 24.7 Å². The maximum atomic E-state index is 13.2. The number of hydrogen-bond acceptors (Lipinski definition) is 10. The summed E-state index contributed by atoms with van der Waals surface area (Å²) in [6, 6.07) is 9.83. The summed E-state index contributed by atoms with van der Waals surface area (Å²) >= 11 is 0. The smallest absolute Gasteiger partial charge is 0.414 e. The molecule has 16 heteroatoms. The van der Waals surface area contributed by atoms with E-state index in [1.807, 2.05) is 0 Å². The topological polar surface area (TPSA) is 163 Å². The molecular weight excluding hydrogens is 613 g/mol. The number of aryl methyl sites for hydroxylation is 1. The van der Waals surface area contributed by atoms with Gasteiger partial charge in [-0.25, -0.2) is 19.4 Å². The molecule has 46 heavy (non-hydrogen) atoms. The third kappa shape index (κ3) is 9.12. The van der Waals surface area contributed by atoms with Crippen molar-refractivity contribution in [1.29, 1.82) is 0 Å². The molecule has 244 valence electrons. The minimum Gasteiger partial charge on any atom is -0.444 e. The van der Waals surface area contributed by atoms with Crippen LogP contribution in [0.2, 0.25) is 0 Å². The fourth-order valence-electron chi connectivity index (χ4n) is 4.48. The van der Waals surface area contributed by atoms with Crippen molar-refractivity contribution in [2.24, 2.45) is 0 Å². The van der Waals surface area contributed by atoms with Gasteiger partial charge in [0.1, 0.15) is 12.8 Å². The van der Waals surface area contributed by atoms with Gasteiger partial charge in [0.05, 0.1) is 36.5 Å². The van der Waals surface area contributed by atoms with Crippen molar-refractivity contribution in [2.75, 3.05) is 25.1 Å². The van der Waals surface area contributed by atoms with Crippen molar-refractivity contribution in [1.82, 2.24) is 25.1 Å². The average Bonchev–Trinajstić information content (AvgIpc) is 3.71. The molecule has 2 amide bonds. The van der Waals surface area contributed by atoms with Crippen LogP contribution < -0.4 is 15.4 Å². The third-order valence-corrected chi connectivity index (χ3v) is 6.77. The lowest BCUT2D eigenvalue weighted by Gasteiger charge is -2.22. The summed E-state index contributed by atoms with van der Waals surface area (Å²) in [5, 5.41) is 18.4. The third-order valence-electron chi connectivity index (χ3n) is 6.77. The molecule has 0 bridgehead atoms. The average molecular weight is 645 g/mol. The monoisotopic (exact) mass is 644 g/mol. The first kappa shape index (κ1) is 32.6. The van der Waals surface area contributed by atoms with Crippen LogP contribution in [-0.2, 0) is 22.5 Å². The highest BCUT2D eigenvalue weighted by Gasteiger charge is 2.28. The number of aromatic nitrogens is 4. The number of oxazole rings is 1. The zero-order valence-corrected chi connectivity index (χ0v) is 24.5. The molecule has 1 saturated heterocycles. The molecule has 4 aromatic rings. The van der Waals surface area contributed by atoms with Crippen molar-refractivity contribution in [3.05, 3.63) is 72.0 Å². The van der Waals surface area contributed by atoms with Gasteiger partial charge in [0.25, 0.3) is 5.91 Å². The first-order valence-electron chi connectivity index (χ1n) is 14.4. The van der Waals surface area contributed by atoms with E-state index in [4.69, 9.17) is 18.6 Å². The number of hydrogen-bond donors (Lipinski definition) is 3. The number of pyridine rings is 1. The summed E-state index contributed by atoms with van der Waals surface area (Å²) < 4.78 is 60.4. The highest BCUT2D eigenvalue weighted by molar-refractivity contribution is 6.03. The normalized spacial score (nSPS) is 15.0. The second kappa shape index (κ2) is 15.0. The van der Waals surface area contributed by atoms with E-state index in [0.29, 0.717) is 37.4 Å². The van der Waals surface area contributed by atoms with Crippen molar-refractivity contribution < 1.29 is 46.5 Å². The summed E-state index contributed by atoms with van der Waals surface area (Å²) in [6.45, 7) is -0.530. The van der Waals surface area contributed by atoms with Crippen molar-refractivity contribution in [2.45, 2.75) is 51.2 Å². The molecule has 1 fully saturated rings. The van der Waals surface area contributed by atoms with Crippen LogP contribution in [-0.4, -0.2) is 69.1 Å². The maximum Gasteiger partial charge on any atom is 0.414 e. The van der Waals surface area contributed by atoms with Crippen LogP contribution >= 0.6 is 0 Å². The number of anilines is 1. The fourth-order valence-corrected chi connectivity index (χ4v) is 4.48. The molecule has 3 aromatic heterocycles.